The van der Waals surface area contributed by atoms with E-state index in [4.69, 9.17) is 11.6 Å². The second kappa shape index (κ2) is 4.91. The maximum absolute atomic E-state index is 11.6. The standard InChI is InChI=1S/C11H12ClNO/c1-8(2)5-6-10(14)11-9(12)4-3-7-13-11/h3-4,7H,1,5-6H2,2H3. The first kappa shape index (κ1) is 10.9. The van der Waals surface area contributed by atoms with Crippen LogP contribution >= 0.6 is 11.6 Å². The van der Waals surface area contributed by atoms with Crippen LogP contribution in [0.15, 0.2) is 30.5 Å². The van der Waals surface area contributed by atoms with Crippen molar-refractivity contribution in [2.45, 2.75) is 19.8 Å². The van der Waals surface area contributed by atoms with E-state index in [1.807, 2.05) is 6.92 Å². The zero-order chi connectivity index (χ0) is 10.6. The van der Waals surface area contributed by atoms with E-state index >= 15 is 0 Å². The zero-order valence-electron chi connectivity index (χ0n) is 8.09. The van der Waals surface area contributed by atoms with Crippen LogP contribution in [0.3, 0.4) is 0 Å². The number of pyridine rings is 1. The molecular weight excluding hydrogens is 198 g/mol. The Morgan fingerprint density at radius 3 is 2.86 bits per heavy atom. The van der Waals surface area contributed by atoms with Gasteiger partial charge in [0.2, 0.25) is 0 Å². The van der Waals surface area contributed by atoms with Gasteiger partial charge in [-0.15, -0.1) is 6.58 Å². The summed E-state index contributed by atoms with van der Waals surface area (Å²) in [5.74, 6) is -0.0291. The summed E-state index contributed by atoms with van der Waals surface area (Å²) in [6.45, 7) is 5.63. The molecule has 0 N–H and O–H groups in total. The van der Waals surface area contributed by atoms with Crippen LogP contribution in [0.2, 0.25) is 5.02 Å². The van der Waals surface area contributed by atoms with Crippen molar-refractivity contribution in [3.05, 3.63) is 41.2 Å². The van der Waals surface area contributed by atoms with Gasteiger partial charge in [-0.05, 0) is 25.5 Å². The normalized spacial score (nSPS) is 9.86. The van der Waals surface area contributed by atoms with Crippen LogP contribution in [0, 0.1) is 0 Å². The van der Waals surface area contributed by atoms with E-state index < -0.39 is 0 Å². The van der Waals surface area contributed by atoms with Crippen LogP contribution in [-0.4, -0.2) is 10.8 Å². The third kappa shape index (κ3) is 2.96. The Morgan fingerprint density at radius 1 is 1.57 bits per heavy atom. The van der Waals surface area contributed by atoms with Gasteiger partial charge >= 0.3 is 0 Å². The molecule has 2 nitrogen and oxygen atoms in total. The number of aromatic nitrogens is 1. The molecule has 0 bridgehead atoms. The maximum atomic E-state index is 11.6. The first-order valence-electron chi connectivity index (χ1n) is 4.39. The summed E-state index contributed by atoms with van der Waals surface area (Å²) in [7, 11) is 0. The van der Waals surface area contributed by atoms with Gasteiger partial charge in [0.05, 0.1) is 5.02 Å². The number of allylic oxidation sites excluding steroid dienone is 1. The van der Waals surface area contributed by atoms with Gasteiger partial charge in [0, 0.05) is 12.6 Å². The Labute approximate surface area is 88.6 Å². The second-order valence-corrected chi connectivity index (χ2v) is 3.62. The van der Waals surface area contributed by atoms with Gasteiger partial charge in [0.15, 0.2) is 5.78 Å². The van der Waals surface area contributed by atoms with Gasteiger partial charge in [-0.2, -0.15) is 0 Å². The highest BCUT2D eigenvalue weighted by atomic mass is 35.5. The predicted octanol–water partition coefficient (Wildman–Crippen LogP) is 3.27. The highest BCUT2D eigenvalue weighted by Gasteiger charge is 2.10. The first-order chi connectivity index (χ1) is 6.61. The fraction of sp³-hybridized carbons (Fsp3) is 0.273. The lowest BCUT2D eigenvalue weighted by molar-refractivity contribution is 0.0978. The Morgan fingerprint density at radius 2 is 2.29 bits per heavy atom. The molecule has 1 heterocycles. The van der Waals surface area contributed by atoms with E-state index in [9.17, 15) is 4.79 Å². The highest BCUT2D eigenvalue weighted by molar-refractivity contribution is 6.33. The maximum Gasteiger partial charge on any atom is 0.183 e. The van der Waals surface area contributed by atoms with Crippen molar-refractivity contribution in [2.24, 2.45) is 0 Å². The minimum Gasteiger partial charge on any atom is -0.292 e. The Hall–Kier alpha value is -1.15. The molecule has 3 heteroatoms. The molecule has 0 aliphatic rings. The number of halogens is 1. The van der Waals surface area contributed by atoms with Crippen molar-refractivity contribution in [3.63, 3.8) is 0 Å². The van der Waals surface area contributed by atoms with Gasteiger partial charge in [0.25, 0.3) is 0 Å². The minimum absolute atomic E-state index is 0.0291. The molecule has 14 heavy (non-hydrogen) atoms. The molecule has 0 saturated heterocycles. The lowest BCUT2D eigenvalue weighted by Crippen LogP contribution is -2.02. The Bertz CT molecular complexity index is 360. The van der Waals surface area contributed by atoms with Crippen molar-refractivity contribution in [1.82, 2.24) is 4.98 Å². The molecule has 0 aliphatic carbocycles. The molecule has 0 amide bonds. The summed E-state index contributed by atoms with van der Waals surface area (Å²) in [5, 5.41) is 0.416. The van der Waals surface area contributed by atoms with Crippen LogP contribution in [0.25, 0.3) is 0 Å². The van der Waals surface area contributed by atoms with Crippen LogP contribution < -0.4 is 0 Å². The van der Waals surface area contributed by atoms with E-state index in [-0.39, 0.29) is 5.78 Å². The Balaban J connectivity index is 2.70. The molecule has 0 saturated carbocycles. The molecule has 0 atom stereocenters. The Kier molecular flexibility index (Phi) is 3.84. The van der Waals surface area contributed by atoms with E-state index in [0.717, 1.165) is 5.57 Å². The zero-order valence-corrected chi connectivity index (χ0v) is 8.84. The lowest BCUT2D eigenvalue weighted by Gasteiger charge is -2.01. The number of rotatable bonds is 4. The predicted molar refractivity (Wildman–Crippen MR) is 57.6 cm³/mol. The van der Waals surface area contributed by atoms with Crippen LogP contribution in [0.4, 0.5) is 0 Å². The largest absolute Gasteiger partial charge is 0.292 e. The molecular formula is C11H12ClNO. The van der Waals surface area contributed by atoms with Crippen LogP contribution in [0.5, 0.6) is 0 Å². The van der Waals surface area contributed by atoms with Crippen molar-refractivity contribution in [3.8, 4) is 0 Å². The summed E-state index contributed by atoms with van der Waals surface area (Å²) in [5.41, 5.74) is 1.35. The fourth-order valence-corrected chi connectivity index (χ4v) is 1.26. The smallest absolute Gasteiger partial charge is 0.183 e. The topological polar surface area (TPSA) is 30.0 Å². The molecule has 74 valence electrons. The van der Waals surface area contributed by atoms with Gasteiger partial charge in [-0.25, -0.2) is 0 Å². The minimum atomic E-state index is -0.0291. The monoisotopic (exact) mass is 209 g/mol. The molecule has 0 radical (unpaired) electrons. The van der Waals surface area contributed by atoms with Gasteiger partial charge in [-0.3, -0.25) is 9.78 Å². The number of carbonyl (C=O) groups is 1. The first-order valence-corrected chi connectivity index (χ1v) is 4.77. The highest BCUT2D eigenvalue weighted by Crippen LogP contribution is 2.15. The fourth-order valence-electron chi connectivity index (χ4n) is 1.04. The van der Waals surface area contributed by atoms with Crippen LogP contribution in [0.1, 0.15) is 30.3 Å². The lowest BCUT2D eigenvalue weighted by atomic mass is 10.1. The molecule has 0 unspecified atom stereocenters. The van der Waals surface area contributed by atoms with Gasteiger partial charge in [0.1, 0.15) is 5.69 Å². The number of ketones is 1. The number of carbonyl (C=O) groups excluding carboxylic acids is 1. The number of hydrogen-bond donors (Lipinski definition) is 0. The summed E-state index contributed by atoms with van der Waals surface area (Å²) in [4.78, 5) is 15.5. The van der Waals surface area contributed by atoms with E-state index in [2.05, 4.69) is 11.6 Å². The molecule has 0 aromatic carbocycles. The van der Waals surface area contributed by atoms with Crippen molar-refractivity contribution < 1.29 is 4.79 Å². The number of Topliss-reactive ketones (excluding diaryl/α,β-unsaturated/α-hetero) is 1. The summed E-state index contributed by atoms with van der Waals surface area (Å²) in [6.07, 6.45) is 2.68. The molecule has 1 aromatic rings. The molecule has 0 spiro atoms. The van der Waals surface area contributed by atoms with Gasteiger partial charge in [-0.1, -0.05) is 17.2 Å². The SMILES string of the molecule is C=C(C)CCC(=O)c1ncccc1Cl. The van der Waals surface area contributed by atoms with E-state index in [1.165, 1.54) is 0 Å². The van der Waals surface area contributed by atoms with Crippen molar-refractivity contribution >= 4 is 17.4 Å². The van der Waals surface area contributed by atoms with Crippen LogP contribution in [-0.2, 0) is 0 Å². The number of hydrogen-bond acceptors (Lipinski definition) is 2. The van der Waals surface area contributed by atoms with Gasteiger partial charge < -0.3 is 0 Å². The summed E-state index contributed by atoms with van der Waals surface area (Å²) in [6, 6.07) is 3.38. The van der Waals surface area contributed by atoms with E-state index in [1.54, 1.807) is 18.3 Å². The number of nitrogens with zero attached hydrogens (tertiary/aromatic N) is 1. The van der Waals surface area contributed by atoms with Crippen molar-refractivity contribution in [1.29, 1.82) is 0 Å². The quantitative estimate of drug-likeness (QED) is 0.563. The van der Waals surface area contributed by atoms with E-state index in [0.29, 0.717) is 23.6 Å². The average Bonchev–Trinajstić information content (AvgIpc) is 2.15. The molecule has 1 aromatic heterocycles. The third-order valence-electron chi connectivity index (χ3n) is 1.80. The summed E-state index contributed by atoms with van der Waals surface area (Å²) < 4.78 is 0. The molecule has 0 fully saturated rings. The summed E-state index contributed by atoms with van der Waals surface area (Å²) >= 11 is 5.83. The third-order valence-corrected chi connectivity index (χ3v) is 2.11. The average molecular weight is 210 g/mol. The second-order valence-electron chi connectivity index (χ2n) is 3.21. The molecule has 1 rings (SSSR count). The molecule has 0 aliphatic heterocycles. The van der Waals surface area contributed by atoms with Crippen molar-refractivity contribution in [2.75, 3.05) is 0 Å².